The van der Waals surface area contributed by atoms with Gasteiger partial charge in [-0.2, -0.15) is 5.10 Å². The average Bonchev–Trinajstić information content (AvgIpc) is 3.20. The number of aromatic carboxylic acids is 1. The lowest BCUT2D eigenvalue weighted by Gasteiger charge is -1.98. The average molecular weight is 445 g/mol. The van der Waals surface area contributed by atoms with Gasteiger partial charge in [0.1, 0.15) is 0 Å². The highest BCUT2D eigenvalue weighted by Gasteiger charge is 2.08. The van der Waals surface area contributed by atoms with E-state index in [2.05, 4.69) is 32.9 Å². The van der Waals surface area contributed by atoms with Gasteiger partial charge < -0.3 is 5.11 Å². The van der Waals surface area contributed by atoms with Gasteiger partial charge in [-0.1, -0.05) is 77.3 Å². The normalized spacial score (nSPS) is 10.9. The number of carbonyl (C=O) groups is 2. The first-order valence-electron chi connectivity index (χ1n) is 8.38. The second-order valence-corrected chi connectivity index (χ2v) is 9.04. The highest BCUT2D eigenvalue weighted by molar-refractivity contribution is 8.03. The molecule has 0 spiro atoms. The molecule has 10 heteroatoms. The van der Waals surface area contributed by atoms with E-state index in [-0.39, 0.29) is 17.2 Å². The van der Waals surface area contributed by atoms with E-state index in [4.69, 9.17) is 5.11 Å². The van der Waals surface area contributed by atoms with E-state index >= 15 is 0 Å². The van der Waals surface area contributed by atoms with Crippen LogP contribution >= 0.6 is 34.9 Å². The highest BCUT2D eigenvalue weighted by atomic mass is 32.2. The third-order valence-corrected chi connectivity index (χ3v) is 6.74. The first kappa shape index (κ1) is 21.0. The molecule has 1 aromatic heterocycles. The van der Waals surface area contributed by atoms with Gasteiger partial charge in [-0.3, -0.25) is 4.79 Å². The molecule has 0 radical (unpaired) electrons. The Morgan fingerprint density at radius 2 is 1.72 bits per heavy atom. The molecule has 1 amide bonds. The van der Waals surface area contributed by atoms with Crippen molar-refractivity contribution in [2.45, 2.75) is 14.4 Å². The number of nitrogens with zero attached hydrogens (tertiary/aromatic N) is 3. The van der Waals surface area contributed by atoms with Crippen molar-refractivity contribution in [3.63, 3.8) is 0 Å². The minimum atomic E-state index is -0.989. The molecule has 7 nitrogen and oxygen atoms in total. The minimum absolute atomic E-state index is 0.174. The standard InChI is InChI=1S/C19H16N4O3S3/c24-16(21-20-10-13-6-8-15(9-7-13)17(25)26)12-28-19-23-22-18(29-19)27-11-14-4-2-1-3-5-14/h1-10H,11-12H2,(H,21,24)(H,25,26). The van der Waals surface area contributed by atoms with Gasteiger partial charge in [-0.25, -0.2) is 10.2 Å². The third-order valence-electron chi connectivity index (χ3n) is 3.48. The van der Waals surface area contributed by atoms with Crippen molar-refractivity contribution >= 4 is 53.0 Å². The molecule has 148 valence electrons. The molecule has 0 atom stereocenters. The zero-order valence-corrected chi connectivity index (χ0v) is 17.5. The molecule has 2 N–H and O–H groups in total. The molecule has 2 aromatic carbocycles. The Hall–Kier alpha value is -2.69. The number of amides is 1. The Bertz CT molecular complexity index is 991. The topological polar surface area (TPSA) is 105 Å². The molecule has 1 heterocycles. The number of hydrazone groups is 1. The summed E-state index contributed by atoms with van der Waals surface area (Å²) in [6, 6.07) is 16.3. The number of rotatable bonds is 9. The van der Waals surface area contributed by atoms with Crippen LogP contribution in [-0.4, -0.2) is 39.1 Å². The van der Waals surface area contributed by atoms with Crippen LogP contribution < -0.4 is 5.43 Å². The van der Waals surface area contributed by atoms with Gasteiger partial charge in [0.15, 0.2) is 8.68 Å². The minimum Gasteiger partial charge on any atom is -0.478 e. The molecule has 0 unspecified atom stereocenters. The number of hydrogen-bond donors (Lipinski definition) is 2. The molecular formula is C19H16N4O3S3. The van der Waals surface area contributed by atoms with Crippen LogP contribution in [0.2, 0.25) is 0 Å². The Morgan fingerprint density at radius 3 is 2.41 bits per heavy atom. The summed E-state index contributed by atoms with van der Waals surface area (Å²) in [6.45, 7) is 0. The van der Waals surface area contributed by atoms with Crippen LogP contribution in [0.1, 0.15) is 21.5 Å². The van der Waals surface area contributed by atoms with Crippen molar-refractivity contribution < 1.29 is 14.7 Å². The fourth-order valence-corrected chi connectivity index (χ4v) is 4.85. The van der Waals surface area contributed by atoms with E-state index in [9.17, 15) is 9.59 Å². The molecule has 0 aliphatic rings. The van der Waals surface area contributed by atoms with Crippen molar-refractivity contribution in [2.24, 2.45) is 5.10 Å². The Labute approximate surface area is 179 Å². The molecule has 29 heavy (non-hydrogen) atoms. The van der Waals surface area contributed by atoms with Crippen LogP contribution in [0, 0.1) is 0 Å². The summed E-state index contributed by atoms with van der Waals surface area (Å²) in [5.41, 5.74) is 4.54. The highest BCUT2D eigenvalue weighted by Crippen LogP contribution is 2.30. The van der Waals surface area contributed by atoms with E-state index in [0.717, 1.165) is 14.4 Å². The van der Waals surface area contributed by atoms with Gasteiger partial charge in [0.05, 0.1) is 17.5 Å². The van der Waals surface area contributed by atoms with Gasteiger partial charge in [0, 0.05) is 5.75 Å². The monoisotopic (exact) mass is 444 g/mol. The molecule has 3 rings (SSSR count). The molecule has 0 aliphatic heterocycles. The SMILES string of the molecule is O=C(CSc1nnc(SCc2ccccc2)s1)NN=Cc1ccc(C(=O)O)cc1. The second-order valence-electron chi connectivity index (χ2n) is 5.62. The number of benzene rings is 2. The van der Waals surface area contributed by atoms with E-state index in [0.29, 0.717) is 5.56 Å². The summed E-state index contributed by atoms with van der Waals surface area (Å²) in [4.78, 5) is 22.7. The largest absolute Gasteiger partial charge is 0.478 e. The summed E-state index contributed by atoms with van der Waals surface area (Å²) >= 11 is 4.37. The molecule has 3 aromatic rings. The maximum absolute atomic E-state index is 11.9. The first-order chi connectivity index (χ1) is 14.1. The maximum Gasteiger partial charge on any atom is 0.335 e. The van der Waals surface area contributed by atoms with Gasteiger partial charge in [0.2, 0.25) is 0 Å². The van der Waals surface area contributed by atoms with Crippen LogP contribution in [0.25, 0.3) is 0 Å². The summed E-state index contributed by atoms with van der Waals surface area (Å²) in [7, 11) is 0. The number of carboxylic acid groups (broad SMARTS) is 1. The van der Waals surface area contributed by atoms with Crippen LogP contribution in [0.4, 0.5) is 0 Å². The van der Waals surface area contributed by atoms with Crippen molar-refractivity contribution in [2.75, 3.05) is 5.75 Å². The van der Waals surface area contributed by atoms with E-state index in [1.807, 2.05) is 18.2 Å². The van der Waals surface area contributed by atoms with Crippen molar-refractivity contribution in [1.29, 1.82) is 0 Å². The van der Waals surface area contributed by atoms with Crippen LogP contribution in [-0.2, 0) is 10.5 Å². The van der Waals surface area contributed by atoms with E-state index in [1.54, 1.807) is 23.9 Å². The zero-order chi connectivity index (χ0) is 20.5. The van der Waals surface area contributed by atoms with E-state index in [1.165, 1.54) is 47.0 Å². The number of aromatic nitrogens is 2. The van der Waals surface area contributed by atoms with Crippen molar-refractivity contribution in [1.82, 2.24) is 15.6 Å². The Balaban J connectivity index is 1.40. The second kappa shape index (κ2) is 10.7. The lowest BCUT2D eigenvalue weighted by molar-refractivity contribution is -0.118. The number of thioether (sulfide) groups is 2. The summed E-state index contributed by atoms with van der Waals surface area (Å²) < 4.78 is 1.59. The molecule has 0 bridgehead atoms. The number of carbonyl (C=O) groups excluding carboxylic acids is 1. The van der Waals surface area contributed by atoms with Crippen LogP contribution in [0.15, 0.2) is 68.4 Å². The maximum atomic E-state index is 11.9. The number of carboxylic acids is 1. The molecule has 0 fully saturated rings. The van der Waals surface area contributed by atoms with Gasteiger partial charge in [-0.05, 0) is 23.3 Å². The fraction of sp³-hybridized carbons (Fsp3) is 0.105. The summed E-state index contributed by atoms with van der Waals surface area (Å²) in [5.74, 6) is -0.255. The van der Waals surface area contributed by atoms with Gasteiger partial charge in [0.25, 0.3) is 5.91 Å². The Morgan fingerprint density at radius 1 is 1.03 bits per heavy atom. The van der Waals surface area contributed by atoms with Gasteiger partial charge in [-0.15, -0.1) is 10.2 Å². The third kappa shape index (κ3) is 7.00. The number of nitrogens with one attached hydrogen (secondary N) is 1. The molecule has 0 aliphatic carbocycles. The van der Waals surface area contributed by atoms with Crippen LogP contribution in [0.3, 0.4) is 0 Å². The predicted molar refractivity (Wildman–Crippen MR) is 116 cm³/mol. The predicted octanol–water partition coefficient (Wildman–Crippen LogP) is 3.77. The lowest BCUT2D eigenvalue weighted by Crippen LogP contribution is -2.19. The molecule has 0 saturated heterocycles. The van der Waals surface area contributed by atoms with Crippen molar-refractivity contribution in [3.8, 4) is 0 Å². The lowest BCUT2D eigenvalue weighted by atomic mass is 10.1. The zero-order valence-electron chi connectivity index (χ0n) is 15.0. The smallest absolute Gasteiger partial charge is 0.335 e. The van der Waals surface area contributed by atoms with Crippen LogP contribution in [0.5, 0.6) is 0 Å². The quantitative estimate of drug-likeness (QED) is 0.294. The van der Waals surface area contributed by atoms with Crippen molar-refractivity contribution in [3.05, 3.63) is 71.3 Å². The summed E-state index contributed by atoms with van der Waals surface area (Å²) in [6.07, 6.45) is 1.46. The summed E-state index contributed by atoms with van der Waals surface area (Å²) in [5, 5.41) is 21.0. The molecular weight excluding hydrogens is 428 g/mol. The molecule has 0 saturated carbocycles. The first-order valence-corrected chi connectivity index (χ1v) is 11.2. The fourth-order valence-electron chi connectivity index (χ4n) is 2.08. The van der Waals surface area contributed by atoms with E-state index < -0.39 is 5.97 Å². The Kier molecular flexibility index (Phi) is 7.79. The van der Waals surface area contributed by atoms with Gasteiger partial charge >= 0.3 is 5.97 Å². The number of hydrogen-bond acceptors (Lipinski definition) is 8.